The summed E-state index contributed by atoms with van der Waals surface area (Å²) in [5, 5.41) is 3.08. The largest absolute Gasteiger partial charge is 0.379 e. The standard InChI is InChI=1S/C15H30N4O2/c1-12(10-15(2,17-3)14(16)20)19-5-4-13(11-19)18-6-8-21-9-7-18/h12-13,17H,4-11H2,1-3H3,(H2,16,20). The molecule has 2 aliphatic rings. The lowest BCUT2D eigenvalue weighted by atomic mass is 9.92. The number of carbonyl (C=O) groups is 1. The first-order valence-corrected chi connectivity index (χ1v) is 8.01. The topological polar surface area (TPSA) is 70.8 Å². The van der Waals surface area contributed by atoms with Gasteiger partial charge in [-0.3, -0.25) is 14.6 Å². The minimum Gasteiger partial charge on any atom is -0.379 e. The van der Waals surface area contributed by atoms with Gasteiger partial charge < -0.3 is 15.8 Å². The van der Waals surface area contributed by atoms with Crippen LogP contribution in [0.2, 0.25) is 0 Å². The minimum absolute atomic E-state index is 0.277. The van der Waals surface area contributed by atoms with Gasteiger partial charge in [0.1, 0.15) is 0 Å². The molecule has 21 heavy (non-hydrogen) atoms. The monoisotopic (exact) mass is 298 g/mol. The average molecular weight is 298 g/mol. The van der Waals surface area contributed by atoms with Crippen molar-refractivity contribution in [2.45, 2.75) is 44.3 Å². The van der Waals surface area contributed by atoms with E-state index in [1.807, 2.05) is 6.92 Å². The van der Waals surface area contributed by atoms with Crippen LogP contribution in [0.3, 0.4) is 0 Å². The third kappa shape index (κ3) is 3.94. The first-order chi connectivity index (χ1) is 9.96. The molecule has 2 rings (SSSR count). The molecule has 6 heteroatoms. The highest BCUT2D eigenvalue weighted by Crippen LogP contribution is 2.23. The van der Waals surface area contributed by atoms with Gasteiger partial charge in [-0.1, -0.05) is 0 Å². The maximum absolute atomic E-state index is 11.6. The number of nitrogens with one attached hydrogen (secondary N) is 1. The second kappa shape index (κ2) is 7.05. The van der Waals surface area contributed by atoms with Crippen molar-refractivity contribution in [3.05, 3.63) is 0 Å². The van der Waals surface area contributed by atoms with Gasteiger partial charge in [0, 0.05) is 38.3 Å². The zero-order valence-electron chi connectivity index (χ0n) is 13.6. The van der Waals surface area contributed by atoms with Crippen LogP contribution in [0.25, 0.3) is 0 Å². The number of hydrogen-bond donors (Lipinski definition) is 2. The number of primary amides is 1. The van der Waals surface area contributed by atoms with Crippen LogP contribution in [0.4, 0.5) is 0 Å². The molecule has 0 bridgehead atoms. The summed E-state index contributed by atoms with van der Waals surface area (Å²) in [7, 11) is 1.80. The number of likely N-dealkylation sites (N-methyl/N-ethyl adjacent to an activating group) is 1. The number of likely N-dealkylation sites (tertiary alicyclic amines) is 1. The summed E-state index contributed by atoms with van der Waals surface area (Å²) in [6, 6.07) is 0.978. The molecule has 2 fully saturated rings. The third-order valence-electron chi connectivity index (χ3n) is 5.18. The second-order valence-corrected chi connectivity index (χ2v) is 6.59. The molecule has 3 unspecified atom stereocenters. The fourth-order valence-electron chi connectivity index (χ4n) is 3.45. The number of rotatable bonds is 6. The van der Waals surface area contributed by atoms with Crippen LogP contribution < -0.4 is 11.1 Å². The Morgan fingerprint density at radius 1 is 1.43 bits per heavy atom. The smallest absolute Gasteiger partial charge is 0.237 e. The predicted molar refractivity (Wildman–Crippen MR) is 83.1 cm³/mol. The first kappa shape index (κ1) is 16.7. The van der Waals surface area contributed by atoms with E-state index >= 15 is 0 Å². The van der Waals surface area contributed by atoms with Gasteiger partial charge in [0.2, 0.25) is 5.91 Å². The zero-order chi connectivity index (χ0) is 15.5. The second-order valence-electron chi connectivity index (χ2n) is 6.59. The van der Waals surface area contributed by atoms with E-state index in [4.69, 9.17) is 10.5 Å². The predicted octanol–water partition coefficient (Wildman–Crippen LogP) is -0.365. The van der Waals surface area contributed by atoms with Gasteiger partial charge >= 0.3 is 0 Å². The van der Waals surface area contributed by atoms with E-state index in [-0.39, 0.29) is 5.91 Å². The third-order valence-corrected chi connectivity index (χ3v) is 5.18. The highest BCUT2D eigenvalue weighted by Gasteiger charge is 2.36. The van der Waals surface area contributed by atoms with Crippen LogP contribution in [-0.2, 0) is 9.53 Å². The summed E-state index contributed by atoms with van der Waals surface area (Å²) >= 11 is 0. The Morgan fingerprint density at radius 3 is 2.67 bits per heavy atom. The molecule has 6 nitrogen and oxygen atoms in total. The molecule has 3 atom stereocenters. The maximum atomic E-state index is 11.6. The van der Waals surface area contributed by atoms with Crippen molar-refractivity contribution >= 4 is 5.91 Å². The lowest BCUT2D eigenvalue weighted by Crippen LogP contribution is -2.55. The fraction of sp³-hybridized carbons (Fsp3) is 0.933. The van der Waals surface area contributed by atoms with E-state index in [2.05, 4.69) is 22.0 Å². The molecular weight excluding hydrogens is 268 g/mol. The van der Waals surface area contributed by atoms with Gasteiger partial charge in [-0.05, 0) is 33.7 Å². The Bertz CT molecular complexity index is 360. The fourth-order valence-corrected chi connectivity index (χ4v) is 3.45. The van der Waals surface area contributed by atoms with E-state index in [9.17, 15) is 4.79 Å². The molecule has 0 saturated carbocycles. The van der Waals surface area contributed by atoms with Gasteiger partial charge in [-0.2, -0.15) is 0 Å². The van der Waals surface area contributed by atoms with Gasteiger partial charge in [0.25, 0.3) is 0 Å². The lowest BCUT2D eigenvalue weighted by Gasteiger charge is -2.35. The highest BCUT2D eigenvalue weighted by atomic mass is 16.5. The highest BCUT2D eigenvalue weighted by molar-refractivity contribution is 5.84. The van der Waals surface area contributed by atoms with Crippen molar-refractivity contribution in [2.75, 3.05) is 46.4 Å². The molecule has 0 radical (unpaired) electrons. The molecule has 0 spiro atoms. The summed E-state index contributed by atoms with van der Waals surface area (Å²) in [5.41, 5.74) is 4.90. The Morgan fingerprint density at radius 2 is 2.10 bits per heavy atom. The van der Waals surface area contributed by atoms with Crippen LogP contribution >= 0.6 is 0 Å². The van der Waals surface area contributed by atoms with Crippen molar-refractivity contribution in [1.29, 1.82) is 0 Å². The Kier molecular flexibility index (Phi) is 5.60. The Labute approximate surface area is 128 Å². The van der Waals surface area contributed by atoms with Gasteiger partial charge in [-0.25, -0.2) is 0 Å². The van der Waals surface area contributed by atoms with Gasteiger partial charge in [0.15, 0.2) is 0 Å². The van der Waals surface area contributed by atoms with Crippen LogP contribution in [0.15, 0.2) is 0 Å². The summed E-state index contributed by atoms with van der Waals surface area (Å²) in [6.45, 7) is 10.1. The maximum Gasteiger partial charge on any atom is 0.237 e. The minimum atomic E-state index is -0.629. The SMILES string of the molecule is CNC(C)(CC(C)N1CCC(N2CCOCC2)C1)C(N)=O. The molecule has 0 aliphatic carbocycles. The zero-order valence-corrected chi connectivity index (χ0v) is 13.6. The van der Waals surface area contributed by atoms with E-state index in [0.29, 0.717) is 12.1 Å². The molecule has 0 aromatic carbocycles. The number of amides is 1. The van der Waals surface area contributed by atoms with Crippen LogP contribution in [-0.4, -0.2) is 79.8 Å². The van der Waals surface area contributed by atoms with Crippen molar-refractivity contribution in [1.82, 2.24) is 15.1 Å². The quantitative estimate of drug-likeness (QED) is 0.700. The summed E-state index contributed by atoms with van der Waals surface area (Å²) in [6.07, 6.45) is 1.95. The number of nitrogens with two attached hydrogens (primary N) is 1. The van der Waals surface area contributed by atoms with E-state index in [1.165, 1.54) is 6.42 Å². The Balaban J connectivity index is 1.86. The normalized spacial score (nSPS) is 29.2. The van der Waals surface area contributed by atoms with Gasteiger partial charge in [-0.15, -0.1) is 0 Å². The molecule has 3 N–H and O–H groups in total. The molecule has 0 aromatic rings. The first-order valence-electron chi connectivity index (χ1n) is 8.01. The van der Waals surface area contributed by atoms with Crippen molar-refractivity contribution in [2.24, 2.45) is 5.73 Å². The molecule has 1 amide bonds. The summed E-state index contributed by atoms with van der Waals surface area (Å²) in [4.78, 5) is 16.7. The number of ether oxygens (including phenoxy) is 1. The molecule has 0 aromatic heterocycles. The van der Waals surface area contributed by atoms with E-state index in [1.54, 1.807) is 7.05 Å². The summed E-state index contributed by atoms with van der Waals surface area (Å²) in [5.74, 6) is -0.277. The van der Waals surface area contributed by atoms with E-state index in [0.717, 1.165) is 45.8 Å². The number of nitrogens with zero attached hydrogens (tertiary/aromatic N) is 2. The van der Waals surface area contributed by atoms with Crippen LogP contribution in [0.1, 0.15) is 26.7 Å². The van der Waals surface area contributed by atoms with Crippen molar-refractivity contribution in [3.63, 3.8) is 0 Å². The summed E-state index contributed by atoms with van der Waals surface area (Å²) < 4.78 is 5.43. The lowest BCUT2D eigenvalue weighted by molar-refractivity contribution is -0.124. The molecule has 2 aliphatic heterocycles. The van der Waals surface area contributed by atoms with Crippen LogP contribution in [0, 0.1) is 0 Å². The number of morpholine rings is 1. The number of hydrogen-bond acceptors (Lipinski definition) is 5. The Hall–Kier alpha value is -0.690. The molecule has 2 heterocycles. The van der Waals surface area contributed by atoms with Crippen molar-refractivity contribution in [3.8, 4) is 0 Å². The number of carbonyl (C=O) groups excluding carboxylic acids is 1. The van der Waals surface area contributed by atoms with Crippen molar-refractivity contribution < 1.29 is 9.53 Å². The van der Waals surface area contributed by atoms with Gasteiger partial charge in [0.05, 0.1) is 18.8 Å². The van der Waals surface area contributed by atoms with Crippen LogP contribution in [0.5, 0.6) is 0 Å². The van der Waals surface area contributed by atoms with E-state index < -0.39 is 5.54 Å². The average Bonchev–Trinajstić information content (AvgIpc) is 2.97. The molecular formula is C15H30N4O2. The molecule has 2 saturated heterocycles. The molecule has 122 valence electrons.